The minimum atomic E-state index is 0.0685. The molecular weight excluding hydrogens is 286 g/mol. The fourth-order valence-corrected chi connectivity index (χ4v) is 4.15. The highest BCUT2D eigenvalue weighted by Gasteiger charge is 2.37. The van der Waals surface area contributed by atoms with E-state index in [-0.39, 0.29) is 11.3 Å². The molecule has 5 heteroatoms. The molecule has 21 heavy (non-hydrogen) atoms. The maximum Gasteiger partial charge on any atom is 0.226 e. The van der Waals surface area contributed by atoms with E-state index in [0.717, 1.165) is 42.2 Å². The van der Waals surface area contributed by atoms with Crippen LogP contribution in [0.3, 0.4) is 0 Å². The number of carbonyl (C=O) groups excluding carboxylic acids is 1. The molecule has 3 rings (SSSR count). The summed E-state index contributed by atoms with van der Waals surface area (Å²) in [6.07, 6.45) is 3.28. The first-order valence-electron chi connectivity index (χ1n) is 7.38. The Labute approximate surface area is 129 Å². The summed E-state index contributed by atoms with van der Waals surface area (Å²) in [5, 5.41) is 0.0685. The van der Waals surface area contributed by atoms with Crippen molar-refractivity contribution in [2.45, 2.75) is 24.6 Å². The normalized spacial score (nSPS) is 22.0. The number of amides is 1. The fourth-order valence-electron chi connectivity index (χ4n) is 2.87. The van der Waals surface area contributed by atoms with Gasteiger partial charge in [-0.1, -0.05) is 6.42 Å². The van der Waals surface area contributed by atoms with Gasteiger partial charge in [-0.05, 0) is 25.0 Å². The first-order chi connectivity index (χ1) is 10.2. The number of rotatable bonds is 4. The lowest BCUT2D eigenvalue weighted by Crippen LogP contribution is -2.38. The van der Waals surface area contributed by atoms with E-state index in [0.29, 0.717) is 5.91 Å². The number of methoxy groups -OCH3 is 2. The third-order valence-electron chi connectivity index (χ3n) is 4.34. The topological polar surface area (TPSA) is 38.8 Å². The van der Waals surface area contributed by atoms with Gasteiger partial charge in [-0.25, -0.2) is 0 Å². The van der Waals surface area contributed by atoms with Crippen LogP contribution in [0, 0.1) is 5.92 Å². The van der Waals surface area contributed by atoms with Crippen LogP contribution in [0.5, 0.6) is 11.5 Å². The molecule has 1 aliphatic carbocycles. The molecule has 0 spiro atoms. The lowest BCUT2D eigenvalue weighted by atomic mass is 9.84. The van der Waals surface area contributed by atoms with Gasteiger partial charge in [0.1, 0.15) is 16.9 Å². The zero-order valence-corrected chi connectivity index (χ0v) is 13.3. The number of hydrogen-bond acceptors (Lipinski definition) is 4. The van der Waals surface area contributed by atoms with E-state index in [4.69, 9.17) is 9.47 Å². The Kier molecular flexibility index (Phi) is 4.29. The van der Waals surface area contributed by atoms with E-state index in [1.54, 1.807) is 14.2 Å². The van der Waals surface area contributed by atoms with Gasteiger partial charge in [0.15, 0.2) is 0 Å². The second-order valence-electron chi connectivity index (χ2n) is 5.49. The highest BCUT2D eigenvalue weighted by molar-refractivity contribution is 7.99. The number of carbonyl (C=O) groups is 1. The summed E-state index contributed by atoms with van der Waals surface area (Å²) in [6.45, 7) is 0.833. The molecule has 2 fully saturated rings. The van der Waals surface area contributed by atoms with Gasteiger partial charge in [-0.15, -0.1) is 11.8 Å². The molecule has 0 radical (unpaired) electrons. The van der Waals surface area contributed by atoms with Gasteiger partial charge < -0.3 is 14.4 Å². The lowest BCUT2D eigenvalue weighted by molar-refractivity contribution is -0.138. The monoisotopic (exact) mass is 307 g/mol. The van der Waals surface area contributed by atoms with Crippen LogP contribution in [0.25, 0.3) is 0 Å². The molecule has 1 aromatic rings. The van der Waals surface area contributed by atoms with E-state index in [9.17, 15) is 4.79 Å². The van der Waals surface area contributed by atoms with Crippen molar-refractivity contribution in [1.29, 1.82) is 0 Å². The molecule has 1 saturated carbocycles. The summed E-state index contributed by atoms with van der Waals surface area (Å²) in [5.74, 6) is 3.11. The molecule has 1 saturated heterocycles. The molecule has 2 aliphatic rings. The van der Waals surface area contributed by atoms with Gasteiger partial charge in [0.2, 0.25) is 5.91 Å². The Morgan fingerprint density at radius 1 is 1.29 bits per heavy atom. The van der Waals surface area contributed by atoms with Crippen molar-refractivity contribution >= 4 is 17.7 Å². The Balaban J connectivity index is 1.85. The van der Waals surface area contributed by atoms with E-state index in [1.807, 2.05) is 34.9 Å². The Hall–Kier alpha value is -1.36. The molecule has 0 N–H and O–H groups in total. The lowest BCUT2D eigenvalue weighted by Gasteiger charge is -2.32. The quantitative estimate of drug-likeness (QED) is 0.857. The average molecular weight is 307 g/mol. The predicted octanol–water partition coefficient (Wildman–Crippen LogP) is 3.08. The van der Waals surface area contributed by atoms with Crippen LogP contribution < -0.4 is 9.47 Å². The maximum atomic E-state index is 12.6. The van der Waals surface area contributed by atoms with Crippen molar-refractivity contribution < 1.29 is 14.3 Å². The van der Waals surface area contributed by atoms with Crippen molar-refractivity contribution in [3.63, 3.8) is 0 Å². The van der Waals surface area contributed by atoms with Crippen LogP contribution >= 0.6 is 11.8 Å². The second kappa shape index (κ2) is 6.18. The number of benzene rings is 1. The van der Waals surface area contributed by atoms with Crippen LogP contribution in [0.4, 0.5) is 0 Å². The number of hydrogen-bond donors (Lipinski definition) is 0. The summed E-state index contributed by atoms with van der Waals surface area (Å²) in [6, 6.07) is 5.84. The molecule has 0 bridgehead atoms. The standard InChI is InChI=1S/C16H21NO3S/c1-19-12-6-7-13(14(10-12)20-2)16-17(8-9-21-16)15(18)11-4-3-5-11/h6-7,10-11,16H,3-5,8-9H2,1-2H3. The summed E-state index contributed by atoms with van der Waals surface area (Å²) in [5.41, 5.74) is 1.06. The average Bonchev–Trinajstić information content (AvgIpc) is 2.93. The van der Waals surface area contributed by atoms with Gasteiger partial charge in [-0.3, -0.25) is 4.79 Å². The SMILES string of the molecule is COc1ccc(C2SCCN2C(=O)C2CCC2)c(OC)c1. The van der Waals surface area contributed by atoms with E-state index in [1.165, 1.54) is 6.42 Å². The fraction of sp³-hybridized carbons (Fsp3) is 0.562. The first-order valence-corrected chi connectivity index (χ1v) is 8.43. The largest absolute Gasteiger partial charge is 0.497 e. The van der Waals surface area contributed by atoms with Gasteiger partial charge >= 0.3 is 0 Å². The van der Waals surface area contributed by atoms with Gasteiger partial charge in [0.25, 0.3) is 0 Å². The molecule has 0 aromatic heterocycles. The Morgan fingerprint density at radius 2 is 2.10 bits per heavy atom. The van der Waals surface area contributed by atoms with E-state index < -0.39 is 0 Å². The molecule has 1 heterocycles. The zero-order chi connectivity index (χ0) is 14.8. The van der Waals surface area contributed by atoms with Crippen LogP contribution in [0.2, 0.25) is 0 Å². The van der Waals surface area contributed by atoms with Crippen molar-refractivity contribution in [2.75, 3.05) is 26.5 Å². The number of nitrogens with zero attached hydrogens (tertiary/aromatic N) is 1. The van der Waals surface area contributed by atoms with Crippen LogP contribution in [0.15, 0.2) is 18.2 Å². The molecule has 1 aliphatic heterocycles. The van der Waals surface area contributed by atoms with Gasteiger partial charge in [-0.2, -0.15) is 0 Å². The van der Waals surface area contributed by atoms with Crippen LogP contribution in [0.1, 0.15) is 30.2 Å². The molecule has 1 unspecified atom stereocenters. The molecule has 1 amide bonds. The summed E-state index contributed by atoms with van der Waals surface area (Å²) in [4.78, 5) is 14.6. The van der Waals surface area contributed by atoms with E-state index in [2.05, 4.69) is 0 Å². The molecule has 1 atom stereocenters. The van der Waals surface area contributed by atoms with Gasteiger partial charge in [0, 0.05) is 29.8 Å². The summed E-state index contributed by atoms with van der Waals surface area (Å²) < 4.78 is 10.7. The minimum Gasteiger partial charge on any atom is -0.497 e. The molecule has 1 aromatic carbocycles. The van der Waals surface area contributed by atoms with Crippen molar-refractivity contribution in [2.24, 2.45) is 5.92 Å². The summed E-state index contributed by atoms with van der Waals surface area (Å²) >= 11 is 1.81. The minimum absolute atomic E-state index is 0.0685. The predicted molar refractivity (Wildman–Crippen MR) is 83.8 cm³/mol. The van der Waals surface area contributed by atoms with Gasteiger partial charge in [0.05, 0.1) is 14.2 Å². The van der Waals surface area contributed by atoms with Crippen LogP contribution in [-0.4, -0.2) is 37.3 Å². The highest BCUT2D eigenvalue weighted by Crippen LogP contribution is 2.44. The smallest absolute Gasteiger partial charge is 0.226 e. The number of thioether (sulfide) groups is 1. The van der Waals surface area contributed by atoms with Crippen molar-refractivity contribution in [1.82, 2.24) is 4.90 Å². The Bertz CT molecular complexity index is 530. The van der Waals surface area contributed by atoms with Crippen molar-refractivity contribution in [3.05, 3.63) is 23.8 Å². The summed E-state index contributed by atoms with van der Waals surface area (Å²) in [7, 11) is 3.31. The zero-order valence-electron chi connectivity index (χ0n) is 12.5. The molecular formula is C16H21NO3S. The third-order valence-corrected chi connectivity index (χ3v) is 5.58. The Morgan fingerprint density at radius 3 is 2.71 bits per heavy atom. The van der Waals surface area contributed by atoms with Crippen LogP contribution in [-0.2, 0) is 4.79 Å². The highest BCUT2D eigenvalue weighted by atomic mass is 32.2. The second-order valence-corrected chi connectivity index (χ2v) is 6.68. The third kappa shape index (κ3) is 2.71. The number of ether oxygens (including phenoxy) is 2. The molecule has 4 nitrogen and oxygen atoms in total. The first kappa shape index (κ1) is 14.6. The van der Waals surface area contributed by atoms with Crippen molar-refractivity contribution in [3.8, 4) is 11.5 Å². The molecule has 114 valence electrons. The van der Waals surface area contributed by atoms with E-state index >= 15 is 0 Å². The maximum absolute atomic E-state index is 12.6.